The van der Waals surface area contributed by atoms with Gasteiger partial charge in [-0.3, -0.25) is 9.59 Å². The number of hydrogen-bond donors (Lipinski definition) is 0. The van der Waals surface area contributed by atoms with E-state index in [1.165, 1.54) is 16.9 Å². The van der Waals surface area contributed by atoms with Gasteiger partial charge in [-0.15, -0.1) is 21.5 Å². The first kappa shape index (κ1) is 23.9. The van der Waals surface area contributed by atoms with Crippen LogP contribution in [0.4, 0.5) is 5.82 Å². The molecule has 1 fully saturated rings. The molecule has 2 amide bonds. The van der Waals surface area contributed by atoms with Crippen molar-refractivity contribution >= 4 is 29.0 Å². The molecule has 34 heavy (non-hydrogen) atoms. The number of carbonyl (C=O) groups excluding carboxylic acids is 2. The van der Waals surface area contributed by atoms with E-state index in [1.807, 2.05) is 48.4 Å². The van der Waals surface area contributed by atoms with Crippen LogP contribution in [0.2, 0.25) is 0 Å². The van der Waals surface area contributed by atoms with Gasteiger partial charge in [0.05, 0.1) is 10.6 Å². The third-order valence-corrected chi connectivity index (χ3v) is 7.23. The van der Waals surface area contributed by atoms with Gasteiger partial charge in [0.25, 0.3) is 5.91 Å². The van der Waals surface area contributed by atoms with E-state index < -0.39 is 0 Å². The first-order valence-electron chi connectivity index (χ1n) is 11.7. The van der Waals surface area contributed by atoms with Crippen molar-refractivity contribution in [2.45, 2.75) is 33.2 Å². The Morgan fingerprint density at radius 1 is 1.03 bits per heavy atom. The third-order valence-electron chi connectivity index (χ3n) is 6.38. The van der Waals surface area contributed by atoms with E-state index in [1.54, 1.807) is 4.90 Å². The average Bonchev–Trinajstić information content (AvgIpc) is 3.42. The predicted octanol–water partition coefficient (Wildman–Crippen LogP) is 4.10. The van der Waals surface area contributed by atoms with Crippen molar-refractivity contribution in [1.29, 1.82) is 0 Å². The SMILES string of the molecule is CC[C@H](C)N(CC(=O)N1CCN(c2ccc(-c3ccc(C)cc3)nn2)CC1)C(=O)c1cccs1. The summed E-state index contributed by atoms with van der Waals surface area (Å²) in [5.74, 6) is 0.739. The van der Waals surface area contributed by atoms with E-state index in [0.29, 0.717) is 31.1 Å². The Bertz CT molecular complexity index is 1090. The molecule has 8 heteroatoms. The van der Waals surface area contributed by atoms with E-state index in [0.717, 1.165) is 23.5 Å². The lowest BCUT2D eigenvalue weighted by Crippen LogP contribution is -2.53. The topological polar surface area (TPSA) is 69.6 Å². The molecule has 3 heterocycles. The van der Waals surface area contributed by atoms with Crippen molar-refractivity contribution in [3.8, 4) is 11.3 Å². The van der Waals surface area contributed by atoms with Gasteiger partial charge in [-0.25, -0.2) is 0 Å². The van der Waals surface area contributed by atoms with Crippen molar-refractivity contribution in [3.05, 3.63) is 64.4 Å². The van der Waals surface area contributed by atoms with Crippen LogP contribution in [-0.2, 0) is 4.79 Å². The fourth-order valence-corrected chi connectivity index (χ4v) is 4.67. The van der Waals surface area contributed by atoms with Gasteiger partial charge in [-0.1, -0.05) is 42.8 Å². The van der Waals surface area contributed by atoms with Crippen LogP contribution in [0.3, 0.4) is 0 Å². The number of carbonyl (C=O) groups is 2. The van der Waals surface area contributed by atoms with E-state index in [2.05, 4.69) is 46.3 Å². The Labute approximate surface area is 205 Å². The number of aromatic nitrogens is 2. The Morgan fingerprint density at radius 2 is 1.76 bits per heavy atom. The fraction of sp³-hybridized carbons (Fsp3) is 0.385. The van der Waals surface area contributed by atoms with Crippen LogP contribution in [0, 0.1) is 6.92 Å². The van der Waals surface area contributed by atoms with Crippen molar-refractivity contribution < 1.29 is 9.59 Å². The van der Waals surface area contributed by atoms with Gasteiger partial charge < -0.3 is 14.7 Å². The highest BCUT2D eigenvalue weighted by Crippen LogP contribution is 2.20. The molecule has 2 aromatic heterocycles. The largest absolute Gasteiger partial charge is 0.352 e. The maximum Gasteiger partial charge on any atom is 0.264 e. The Hall–Kier alpha value is -3.26. The number of benzene rings is 1. The second-order valence-corrected chi connectivity index (χ2v) is 9.63. The molecule has 1 saturated heterocycles. The summed E-state index contributed by atoms with van der Waals surface area (Å²) >= 11 is 1.41. The highest BCUT2D eigenvalue weighted by atomic mass is 32.1. The van der Waals surface area contributed by atoms with Gasteiger partial charge in [-0.2, -0.15) is 0 Å². The molecule has 3 aromatic rings. The van der Waals surface area contributed by atoms with Gasteiger partial charge in [0.2, 0.25) is 5.91 Å². The summed E-state index contributed by atoms with van der Waals surface area (Å²) in [7, 11) is 0. The first-order valence-corrected chi connectivity index (χ1v) is 12.6. The van der Waals surface area contributed by atoms with Gasteiger partial charge in [-0.05, 0) is 43.8 Å². The van der Waals surface area contributed by atoms with E-state index in [-0.39, 0.29) is 24.4 Å². The molecular formula is C26H31N5O2S. The number of thiophene rings is 1. The smallest absolute Gasteiger partial charge is 0.264 e. The molecule has 1 aliphatic heterocycles. The van der Waals surface area contributed by atoms with Crippen LogP contribution in [0.1, 0.15) is 35.5 Å². The molecule has 4 rings (SSSR count). The van der Waals surface area contributed by atoms with Gasteiger partial charge in [0.15, 0.2) is 5.82 Å². The molecule has 0 N–H and O–H groups in total. The fourth-order valence-electron chi connectivity index (χ4n) is 3.99. The molecule has 1 atom stereocenters. The summed E-state index contributed by atoms with van der Waals surface area (Å²) in [5, 5.41) is 10.7. The number of amides is 2. The Balaban J connectivity index is 1.34. The molecule has 0 radical (unpaired) electrons. The van der Waals surface area contributed by atoms with Crippen molar-refractivity contribution in [3.63, 3.8) is 0 Å². The molecular weight excluding hydrogens is 446 g/mol. The lowest BCUT2D eigenvalue weighted by molar-refractivity contribution is -0.132. The number of piperazine rings is 1. The summed E-state index contributed by atoms with van der Waals surface area (Å²) in [5.41, 5.74) is 3.10. The maximum atomic E-state index is 13.1. The zero-order chi connectivity index (χ0) is 24.1. The van der Waals surface area contributed by atoms with Crippen LogP contribution >= 0.6 is 11.3 Å². The second kappa shape index (κ2) is 10.8. The minimum Gasteiger partial charge on any atom is -0.352 e. The number of hydrogen-bond acceptors (Lipinski definition) is 6. The lowest BCUT2D eigenvalue weighted by atomic mass is 10.1. The predicted molar refractivity (Wildman–Crippen MR) is 136 cm³/mol. The van der Waals surface area contributed by atoms with Crippen LogP contribution in [0.5, 0.6) is 0 Å². The molecule has 0 aliphatic carbocycles. The zero-order valence-corrected chi connectivity index (χ0v) is 20.8. The number of nitrogens with zero attached hydrogens (tertiary/aromatic N) is 5. The summed E-state index contributed by atoms with van der Waals surface area (Å²) in [6.45, 7) is 8.77. The maximum absolute atomic E-state index is 13.1. The zero-order valence-electron chi connectivity index (χ0n) is 20.0. The van der Waals surface area contributed by atoms with E-state index >= 15 is 0 Å². The van der Waals surface area contributed by atoms with Crippen LogP contribution in [0.25, 0.3) is 11.3 Å². The van der Waals surface area contributed by atoms with E-state index in [9.17, 15) is 9.59 Å². The third kappa shape index (κ3) is 5.44. The molecule has 0 spiro atoms. The molecule has 0 unspecified atom stereocenters. The van der Waals surface area contributed by atoms with Gasteiger partial charge in [0, 0.05) is 37.8 Å². The van der Waals surface area contributed by atoms with Crippen LogP contribution in [0.15, 0.2) is 53.9 Å². The normalized spacial score (nSPS) is 14.7. The number of rotatable bonds is 7. The van der Waals surface area contributed by atoms with Crippen molar-refractivity contribution in [2.24, 2.45) is 0 Å². The van der Waals surface area contributed by atoms with Crippen LogP contribution in [-0.4, -0.2) is 70.6 Å². The highest BCUT2D eigenvalue weighted by Gasteiger charge is 2.28. The minimum absolute atomic E-state index is 0.00200. The summed E-state index contributed by atoms with van der Waals surface area (Å²) in [6, 6.07) is 15.9. The molecule has 178 valence electrons. The van der Waals surface area contributed by atoms with Gasteiger partial charge >= 0.3 is 0 Å². The molecule has 1 aromatic carbocycles. The minimum atomic E-state index is -0.0692. The average molecular weight is 478 g/mol. The molecule has 0 bridgehead atoms. The van der Waals surface area contributed by atoms with E-state index in [4.69, 9.17) is 0 Å². The van der Waals surface area contributed by atoms with Crippen LogP contribution < -0.4 is 4.90 Å². The highest BCUT2D eigenvalue weighted by molar-refractivity contribution is 7.12. The summed E-state index contributed by atoms with van der Waals surface area (Å²) < 4.78 is 0. The number of anilines is 1. The molecule has 7 nitrogen and oxygen atoms in total. The molecule has 0 saturated carbocycles. The first-order chi connectivity index (χ1) is 16.5. The number of aryl methyl sites for hydroxylation is 1. The second-order valence-electron chi connectivity index (χ2n) is 8.68. The standard InChI is InChI=1S/C26H31N5O2S/c1-4-20(3)31(26(33)23-6-5-17-34-23)18-25(32)30-15-13-29(14-16-30)24-12-11-22(27-28-24)21-9-7-19(2)8-10-21/h5-12,17,20H,4,13-16,18H2,1-3H3/t20-/m0/s1. The van der Waals surface area contributed by atoms with Crippen molar-refractivity contribution in [1.82, 2.24) is 20.0 Å². The van der Waals surface area contributed by atoms with Gasteiger partial charge in [0.1, 0.15) is 6.54 Å². The Morgan fingerprint density at radius 3 is 2.35 bits per heavy atom. The Kier molecular flexibility index (Phi) is 7.57. The summed E-state index contributed by atoms with van der Waals surface area (Å²) in [4.78, 5) is 32.4. The quantitative estimate of drug-likeness (QED) is 0.512. The monoisotopic (exact) mass is 477 g/mol. The molecule has 1 aliphatic rings. The summed E-state index contributed by atoms with van der Waals surface area (Å²) in [6.07, 6.45) is 0.801. The lowest BCUT2D eigenvalue weighted by Gasteiger charge is -2.37. The van der Waals surface area contributed by atoms with Crippen molar-refractivity contribution in [2.75, 3.05) is 37.6 Å².